The number of nitrogens with zero attached hydrogens (tertiary/aromatic N) is 2. The Hall–Kier alpha value is -2.47. The van der Waals surface area contributed by atoms with Crippen LogP contribution in [0.2, 0.25) is 0 Å². The summed E-state index contributed by atoms with van der Waals surface area (Å²) in [4.78, 5) is 19.1. The molecule has 0 radical (unpaired) electrons. The maximum atomic E-state index is 12.7. The molecule has 130 valence electrons. The second-order valence-corrected chi connectivity index (χ2v) is 6.24. The largest absolute Gasteiger partial charge is 0.351 e. The van der Waals surface area contributed by atoms with E-state index in [9.17, 15) is 4.79 Å². The number of hydrogen-bond donors (Lipinski definition) is 0. The highest BCUT2D eigenvalue weighted by Gasteiger charge is 2.21. The molecule has 4 rings (SSSR count). The van der Waals surface area contributed by atoms with E-state index in [1.54, 1.807) is 6.20 Å². The minimum Gasteiger partial charge on any atom is -0.351 e. The first kappa shape index (κ1) is 18.3. The van der Waals surface area contributed by atoms with Crippen molar-refractivity contribution in [3.8, 4) is 0 Å². The van der Waals surface area contributed by atoms with Gasteiger partial charge in [0.2, 0.25) is 5.78 Å². The number of ketones is 1. The van der Waals surface area contributed by atoms with Gasteiger partial charge in [0.15, 0.2) is 0 Å². The van der Waals surface area contributed by atoms with Crippen LogP contribution in [-0.4, -0.2) is 17.8 Å². The van der Waals surface area contributed by atoms with Gasteiger partial charge in [-0.05, 0) is 42.4 Å². The molecule has 2 aromatic rings. The lowest BCUT2D eigenvalue weighted by Gasteiger charge is -2.23. The van der Waals surface area contributed by atoms with Gasteiger partial charge in [0.05, 0.1) is 0 Å². The van der Waals surface area contributed by atoms with E-state index >= 15 is 0 Å². The Labute approximate surface area is 170 Å². The quantitative estimate of drug-likeness (QED) is 0.435. The highest BCUT2D eigenvalue weighted by atomic mass is 127. The summed E-state index contributed by atoms with van der Waals surface area (Å²) in [6.45, 7) is 2.01. The Bertz CT molecular complexity index is 999. The van der Waals surface area contributed by atoms with Crippen LogP contribution in [0.25, 0.3) is 11.1 Å². The summed E-state index contributed by atoms with van der Waals surface area (Å²) in [7, 11) is 2.03. The molecule has 0 fully saturated rings. The Morgan fingerprint density at radius 2 is 1.73 bits per heavy atom. The van der Waals surface area contributed by atoms with Crippen molar-refractivity contribution in [3.63, 3.8) is 0 Å². The Morgan fingerprint density at radius 1 is 1.00 bits per heavy atom. The minimum absolute atomic E-state index is 0. The lowest BCUT2D eigenvalue weighted by Crippen LogP contribution is -2.13. The molecule has 2 aliphatic rings. The van der Waals surface area contributed by atoms with E-state index in [2.05, 4.69) is 28.1 Å². The van der Waals surface area contributed by atoms with Crippen LogP contribution in [-0.2, 0) is 0 Å². The molecule has 1 aliphatic carbocycles. The van der Waals surface area contributed by atoms with E-state index in [4.69, 9.17) is 0 Å². The average Bonchev–Trinajstić information content (AvgIpc) is 2.65. The van der Waals surface area contributed by atoms with Crippen LogP contribution in [0.1, 0.15) is 28.5 Å². The van der Waals surface area contributed by atoms with Crippen molar-refractivity contribution < 1.29 is 4.79 Å². The molecule has 1 aromatic heterocycles. The molecule has 1 aromatic carbocycles. The van der Waals surface area contributed by atoms with E-state index in [1.165, 1.54) is 0 Å². The Morgan fingerprint density at radius 3 is 2.58 bits per heavy atom. The number of para-hydroxylation sites is 1. The molecule has 0 atom stereocenters. The highest BCUT2D eigenvalue weighted by molar-refractivity contribution is 14.0. The van der Waals surface area contributed by atoms with Crippen molar-refractivity contribution in [1.82, 2.24) is 4.98 Å². The summed E-state index contributed by atoms with van der Waals surface area (Å²) >= 11 is 0. The van der Waals surface area contributed by atoms with Crippen molar-refractivity contribution in [2.75, 3.05) is 11.9 Å². The fourth-order valence-electron chi connectivity index (χ4n) is 3.25. The molecule has 1 aliphatic heterocycles. The molecular weight excluding hydrogens is 435 g/mol. The summed E-state index contributed by atoms with van der Waals surface area (Å²) in [5.41, 5.74) is 6.59. The van der Waals surface area contributed by atoms with Gasteiger partial charge in [-0.25, -0.2) is 0 Å². The molecule has 2 heterocycles. The van der Waals surface area contributed by atoms with Gasteiger partial charge in [-0.3, -0.25) is 9.78 Å². The molecule has 0 amide bonds. The van der Waals surface area contributed by atoms with Crippen molar-refractivity contribution in [3.05, 3.63) is 95.5 Å². The first-order valence-electron chi connectivity index (χ1n) is 8.26. The van der Waals surface area contributed by atoms with Gasteiger partial charge in [0.1, 0.15) is 5.69 Å². The SMILES string of the molecule is CC1=CC(=CC=C2C=CN(C)c3ccccc32)C(=O)c2ncccc21.I. The van der Waals surface area contributed by atoms with Crippen molar-refractivity contribution in [2.24, 2.45) is 0 Å². The zero-order chi connectivity index (χ0) is 17.4. The fourth-order valence-corrected chi connectivity index (χ4v) is 3.25. The number of fused-ring (bicyclic) bond motifs is 2. The number of anilines is 1. The van der Waals surface area contributed by atoms with Gasteiger partial charge in [-0.2, -0.15) is 0 Å². The number of pyridine rings is 1. The van der Waals surface area contributed by atoms with E-state index < -0.39 is 0 Å². The van der Waals surface area contributed by atoms with Gasteiger partial charge in [-0.15, -0.1) is 24.0 Å². The smallest absolute Gasteiger partial charge is 0.211 e. The Kier molecular flexibility index (Phi) is 5.23. The van der Waals surface area contributed by atoms with Crippen LogP contribution >= 0.6 is 24.0 Å². The number of carbonyl (C=O) groups excluding carboxylic acids is 1. The summed E-state index contributed by atoms with van der Waals surface area (Å²) in [6.07, 6.45) is 11.6. The van der Waals surface area contributed by atoms with E-state index in [0.29, 0.717) is 11.3 Å². The second-order valence-electron chi connectivity index (χ2n) is 6.24. The molecule has 0 spiro atoms. The van der Waals surface area contributed by atoms with Crippen LogP contribution in [0.4, 0.5) is 5.69 Å². The monoisotopic (exact) mass is 454 g/mol. The molecule has 0 unspecified atom stereocenters. The number of carbonyl (C=O) groups is 1. The molecule has 0 bridgehead atoms. The summed E-state index contributed by atoms with van der Waals surface area (Å²) in [6, 6.07) is 12.1. The molecule has 0 N–H and O–H groups in total. The van der Waals surface area contributed by atoms with Gasteiger partial charge in [0, 0.05) is 41.8 Å². The molecule has 0 saturated carbocycles. The molecule has 3 nitrogen and oxygen atoms in total. The van der Waals surface area contributed by atoms with E-state index in [0.717, 1.165) is 28.0 Å². The number of Topliss-reactive ketones (excluding diaryl/α,β-unsaturated/α-hetero) is 1. The average molecular weight is 454 g/mol. The third-order valence-electron chi connectivity index (χ3n) is 4.60. The van der Waals surface area contributed by atoms with Gasteiger partial charge < -0.3 is 4.90 Å². The van der Waals surface area contributed by atoms with Crippen LogP contribution in [0, 0.1) is 0 Å². The normalized spacial score (nSPS) is 18.3. The van der Waals surface area contributed by atoms with Crippen molar-refractivity contribution in [2.45, 2.75) is 6.92 Å². The minimum atomic E-state index is -0.0248. The topological polar surface area (TPSA) is 33.2 Å². The fraction of sp³-hybridized carbons (Fsp3) is 0.0909. The molecule has 26 heavy (non-hydrogen) atoms. The number of halogens is 1. The lowest BCUT2D eigenvalue weighted by atomic mass is 9.90. The number of rotatable bonds is 1. The van der Waals surface area contributed by atoms with Gasteiger partial charge in [-0.1, -0.05) is 36.4 Å². The predicted molar refractivity (Wildman–Crippen MR) is 118 cm³/mol. The maximum Gasteiger partial charge on any atom is 0.211 e. The van der Waals surface area contributed by atoms with Gasteiger partial charge in [0.25, 0.3) is 0 Å². The van der Waals surface area contributed by atoms with E-state index in [-0.39, 0.29) is 29.8 Å². The van der Waals surface area contributed by atoms with Crippen LogP contribution in [0.5, 0.6) is 0 Å². The number of aromatic nitrogens is 1. The van der Waals surface area contributed by atoms with E-state index in [1.807, 2.05) is 62.7 Å². The van der Waals surface area contributed by atoms with Crippen molar-refractivity contribution >= 4 is 46.6 Å². The van der Waals surface area contributed by atoms with Crippen LogP contribution in [0.15, 0.2) is 78.7 Å². The molecule has 0 saturated heterocycles. The maximum absolute atomic E-state index is 12.7. The molecule has 4 heteroatoms. The first-order chi connectivity index (χ1) is 12.1. The van der Waals surface area contributed by atoms with Crippen LogP contribution < -0.4 is 4.90 Å². The van der Waals surface area contributed by atoms with Gasteiger partial charge >= 0.3 is 0 Å². The summed E-state index contributed by atoms with van der Waals surface area (Å²) in [5, 5.41) is 0. The molecular formula is C22H19IN2O. The third kappa shape index (κ3) is 3.17. The lowest BCUT2D eigenvalue weighted by molar-refractivity contribution is 0.103. The second kappa shape index (κ2) is 7.41. The standard InChI is InChI=1S/C22H18N2O.HI/c1-15-14-17(22(25)21-18(15)7-5-12-23-21)10-9-16-11-13-24(2)20-8-4-3-6-19(16)20;/h3-14H,1-2H3;1H. The predicted octanol–water partition coefficient (Wildman–Crippen LogP) is 5.27. The number of allylic oxidation sites excluding steroid dienone is 7. The Balaban J connectivity index is 0.00000196. The zero-order valence-electron chi connectivity index (χ0n) is 14.6. The highest BCUT2D eigenvalue weighted by Crippen LogP contribution is 2.32. The summed E-state index contributed by atoms with van der Waals surface area (Å²) < 4.78 is 0. The van der Waals surface area contributed by atoms with Crippen LogP contribution in [0.3, 0.4) is 0 Å². The number of hydrogen-bond acceptors (Lipinski definition) is 3. The summed E-state index contributed by atoms with van der Waals surface area (Å²) in [5.74, 6) is -0.0248. The third-order valence-corrected chi connectivity index (χ3v) is 4.60. The zero-order valence-corrected chi connectivity index (χ0v) is 17.0. The van der Waals surface area contributed by atoms with Crippen molar-refractivity contribution in [1.29, 1.82) is 0 Å². The number of benzene rings is 1. The first-order valence-corrected chi connectivity index (χ1v) is 8.26.